The lowest BCUT2D eigenvalue weighted by molar-refractivity contribution is 0.636. The molecule has 1 heterocycles. The van der Waals surface area contributed by atoms with Crippen LogP contribution in [0.2, 0.25) is 0 Å². The summed E-state index contributed by atoms with van der Waals surface area (Å²) in [5.74, 6) is 0. The van der Waals surface area contributed by atoms with Gasteiger partial charge in [0.25, 0.3) is 0 Å². The summed E-state index contributed by atoms with van der Waals surface area (Å²) in [7, 11) is 0. The summed E-state index contributed by atoms with van der Waals surface area (Å²) in [5, 5.41) is 10.8. The number of anilines is 3. The Balaban J connectivity index is 1.58. The van der Waals surface area contributed by atoms with Crippen molar-refractivity contribution in [2.75, 3.05) is 17.2 Å². The molecule has 2 N–H and O–H groups in total. The Morgan fingerprint density at radius 3 is 2.52 bits per heavy atom. The van der Waals surface area contributed by atoms with Gasteiger partial charge in [-0.15, -0.1) is 0 Å². The first-order chi connectivity index (χ1) is 10.4. The molecule has 3 aromatic rings. The average molecular weight is 279 g/mol. The number of nitrogens with one attached hydrogen (secondary N) is 2. The molecule has 0 saturated heterocycles. The summed E-state index contributed by atoms with van der Waals surface area (Å²) < 4.78 is 1.80. The molecule has 0 aliphatic rings. The predicted octanol–water partition coefficient (Wildman–Crippen LogP) is 3.13. The van der Waals surface area contributed by atoms with E-state index in [0.717, 1.165) is 30.2 Å². The van der Waals surface area contributed by atoms with Crippen molar-refractivity contribution in [2.24, 2.45) is 0 Å². The molecule has 21 heavy (non-hydrogen) atoms. The second-order valence-electron chi connectivity index (χ2n) is 4.66. The zero-order chi connectivity index (χ0) is 14.3. The lowest BCUT2D eigenvalue weighted by Crippen LogP contribution is -2.10. The van der Waals surface area contributed by atoms with E-state index in [2.05, 4.69) is 38.9 Å². The maximum absolute atomic E-state index is 4.07. The van der Waals surface area contributed by atoms with Gasteiger partial charge in [-0.2, -0.15) is 5.10 Å². The van der Waals surface area contributed by atoms with Gasteiger partial charge < -0.3 is 10.6 Å². The number of benzene rings is 2. The maximum atomic E-state index is 4.07. The fourth-order valence-electron chi connectivity index (χ4n) is 2.06. The van der Waals surface area contributed by atoms with Crippen LogP contribution < -0.4 is 10.6 Å². The second-order valence-corrected chi connectivity index (χ2v) is 4.66. The monoisotopic (exact) mass is 279 g/mol. The molecule has 0 unspecified atom stereocenters. The average Bonchev–Trinajstić information content (AvgIpc) is 3.02. The van der Waals surface area contributed by atoms with Crippen molar-refractivity contribution in [3.63, 3.8) is 0 Å². The van der Waals surface area contributed by atoms with Crippen LogP contribution >= 0.6 is 0 Å². The normalized spacial score (nSPS) is 10.3. The highest BCUT2D eigenvalue weighted by Crippen LogP contribution is 2.19. The number of rotatable bonds is 6. The Kier molecular flexibility index (Phi) is 4.12. The van der Waals surface area contributed by atoms with Gasteiger partial charge >= 0.3 is 0 Å². The van der Waals surface area contributed by atoms with Crippen LogP contribution in [0.15, 0.2) is 67.3 Å². The van der Waals surface area contributed by atoms with Gasteiger partial charge in [0.2, 0.25) is 0 Å². The first kappa shape index (κ1) is 13.2. The molecular formula is C16H17N5. The first-order valence-corrected chi connectivity index (χ1v) is 6.88. The van der Waals surface area contributed by atoms with Gasteiger partial charge in [-0.1, -0.05) is 24.3 Å². The van der Waals surface area contributed by atoms with Gasteiger partial charge in [-0.3, -0.25) is 4.68 Å². The van der Waals surface area contributed by atoms with Crippen molar-refractivity contribution in [1.29, 1.82) is 0 Å². The van der Waals surface area contributed by atoms with Crippen LogP contribution in [0.5, 0.6) is 0 Å². The molecule has 0 amide bonds. The zero-order valence-corrected chi connectivity index (χ0v) is 11.6. The predicted molar refractivity (Wildman–Crippen MR) is 84.7 cm³/mol. The number of para-hydroxylation sites is 1. The van der Waals surface area contributed by atoms with Crippen LogP contribution in [0.4, 0.5) is 17.1 Å². The van der Waals surface area contributed by atoms with E-state index in [1.54, 1.807) is 17.3 Å². The van der Waals surface area contributed by atoms with E-state index in [0.29, 0.717) is 0 Å². The molecule has 0 fully saturated rings. The SMILES string of the molecule is c1ccc(Nc2cccc(NCCn3cncn3)c2)cc1. The van der Waals surface area contributed by atoms with Crippen LogP contribution in [0, 0.1) is 0 Å². The fourth-order valence-corrected chi connectivity index (χ4v) is 2.06. The Bertz CT molecular complexity index is 664. The molecule has 1 aromatic heterocycles. The summed E-state index contributed by atoms with van der Waals surface area (Å²) in [6, 6.07) is 18.4. The number of hydrogen-bond donors (Lipinski definition) is 2. The van der Waals surface area contributed by atoms with Gasteiger partial charge in [0.05, 0.1) is 6.54 Å². The van der Waals surface area contributed by atoms with E-state index in [-0.39, 0.29) is 0 Å². The highest BCUT2D eigenvalue weighted by atomic mass is 15.3. The highest BCUT2D eigenvalue weighted by Gasteiger charge is 1.97. The smallest absolute Gasteiger partial charge is 0.137 e. The van der Waals surface area contributed by atoms with Crippen molar-refractivity contribution in [3.8, 4) is 0 Å². The van der Waals surface area contributed by atoms with E-state index in [1.165, 1.54) is 0 Å². The van der Waals surface area contributed by atoms with Crippen LogP contribution in [0.1, 0.15) is 0 Å². The van der Waals surface area contributed by atoms with Gasteiger partial charge in [-0.25, -0.2) is 4.98 Å². The molecule has 0 atom stereocenters. The van der Waals surface area contributed by atoms with Gasteiger partial charge in [0.15, 0.2) is 0 Å². The van der Waals surface area contributed by atoms with Crippen LogP contribution in [-0.2, 0) is 6.54 Å². The molecule has 0 saturated carbocycles. The summed E-state index contributed by atoms with van der Waals surface area (Å²) in [6.07, 6.45) is 3.26. The maximum Gasteiger partial charge on any atom is 0.137 e. The van der Waals surface area contributed by atoms with E-state index in [9.17, 15) is 0 Å². The topological polar surface area (TPSA) is 54.8 Å². The molecule has 5 heteroatoms. The zero-order valence-electron chi connectivity index (χ0n) is 11.6. The number of aromatic nitrogens is 3. The van der Waals surface area contributed by atoms with E-state index in [4.69, 9.17) is 0 Å². The molecule has 0 bridgehead atoms. The van der Waals surface area contributed by atoms with Crippen molar-refractivity contribution in [2.45, 2.75) is 6.54 Å². The van der Waals surface area contributed by atoms with Gasteiger partial charge in [0.1, 0.15) is 12.7 Å². The van der Waals surface area contributed by atoms with Gasteiger partial charge in [-0.05, 0) is 30.3 Å². The minimum Gasteiger partial charge on any atom is -0.383 e. The van der Waals surface area contributed by atoms with Crippen LogP contribution in [0.25, 0.3) is 0 Å². The molecule has 0 spiro atoms. The summed E-state index contributed by atoms with van der Waals surface area (Å²) in [5.41, 5.74) is 3.22. The van der Waals surface area contributed by atoms with Crippen molar-refractivity contribution in [3.05, 3.63) is 67.3 Å². The molecule has 2 aromatic carbocycles. The van der Waals surface area contributed by atoms with E-state index in [1.807, 2.05) is 36.4 Å². The van der Waals surface area contributed by atoms with E-state index >= 15 is 0 Å². The largest absolute Gasteiger partial charge is 0.383 e. The summed E-state index contributed by atoms with van der Waals surface area (Å²) in [6.45, 7) is 1.59. The molecule has 0 aliphatic carbocycles. The molecule has 0 radical (unpaired) electrons. The molecule has 106 valence electrons. The Morgan fingerprint density at radius 2 is 1.71 bits per heavy atom. The molecule has 3 rings (SSSR count). The van der Waals surface area contributed by atoms with Crippen LogP contribution in [-0.4, -0.2) is 21.3 Å². The van der Waals surface area contributed by atoms with Crippen molar-refractivity contribution < 1.29 is 0 Å². The van der Waals surface area contributed by atoms with Gasteiger partial charge in [0, 0.05) is 23.6 Å². The van der Waals surface area contributed by atoms with E-state index < -0.39 is 0 Å². The van der Waals surface area contributed by atoms with Crippen molar-refractivity contribution in [1.82, 2.24) is 14.8 Å². The third kappa shape index (κ3) is 3.82. The molecular weight excluding hydrogens is 262 g/mol. The minimum absolute atomic E-state index is 0.788. The Hall–Kier alpha value is -2.82. The number of hydrogen-bond acceptors (Lipinski definition) is 4. The third-order valence-electron chi connectivity index (χ3n) is 3.06. The molecule has 0 aliphatic heterocycles. The van der Waals surface area contributed by atoms with Crippen LogP contribution in [0.3, 0.4) is 0 Å². The lowest BCUT2D eigenvalue weighted by atomic mass is 10.2. The summed E-state index contributed by atoms with van der Waals surface area (Å²) in [4.78, 5) is 3.92. The Morgan fingerprint density at radius 1 is 0.905 bits per heavy atom. The number of nitrogens with zero attached hydrogens (tertiary/aromatic N) is 3. The molecule has 5 nitrogen and oxygen atoms in total. The second kappa shape index (κ2) is 6.56. The van der Waals surface area contributed by atoms with Crippen molar-refractivity contribution >= 4 is 17.1 Å². The minimum atomic E-state index is 0.788. The highest BCUT2D eigenvalue weighted by molar-refractivity contribution is 5.64. The standard InChI is InChI=1S/C16H17N5/c1-2-5-14(6-3-1)20-16-8-4-7-15(11-16)18-9-10-21-13-17-12-19-21/h1-8,11-13,18,20H,9-10H2. The fraction of sp³-hybridized carbons (Fsp3) is 0.125. The Labute approximate surface area is 123 Å². The first-order valence-electron chi connectivity index (χ1n) is 6.88. The quantitative estimate of drug-likeness (QED) is 0.728. The lowest BCUT2D eigenvalue weighted by Gasteiger charge is -2.10. The summed E-state index contributed by atoms with van der Waals surface area (Å²) >= 11 is 0. The third-order valence-corrected chi connectivity index (χ3v) is 3.06.